The van der Waals surface area contributed by atoms with Crippen molar-refractivity contribution in [2.45, 2.75) is 20.3 Å². The van der Waals surface area contributed by atoms with Crippen LogP contribution in [0, 0.1) is 13.8 Å². The summed E-state index contributed by atoms with van der Waals surface area (Å²) in [6, 6.07) is 13.2. The van der Waals surface area contributed by atoms with Crippen LogP contribution in [-0.2, 0) is 9.59 Å². The van der Waals surface area contributed by atoms with Crippen molar-refractivity contribution in [2.75, 3.05) is 25.5 Å². The first kappa shape index (κ1) is 20.0. The fourth-order valence-electron chi connectivity index (χ4n) is 2.38. The van der Waals surface area contributed by atoms with E-state index in [1.807, 2.05) is 56.3 Å². The number of likely N-dealkylation sites (N-methyl/N-ethyl adjacent to an activating group) is 1. The minimum absolute atomic E-state index is 0.00308. The lowest BCUT2D eigenvalue weighted by Crippen LogP contribution is -2.35. The van der Waals surface area contributed by atoms with Crippen LogP contribution in [0.15, 0.2) is 46.9 Å². The van der Waals surface area contributed by atoms with Crippen LogP contribution in [0.2, 0.25) is 0 Å². The van der Waals surface area contributed by atoms with Crippen LogP contribution in [0.25, 0.3) is 0 Å². The molecule has 2 amide bonds. The molecule has 1 N–H and O–H groups in total. The number of carbonyl (C=O) groups excluding carboxylic acids is 2. The molecule has 0 saturated carbocycles. The monoisotopic (exact) mass is 418 g/mol. The van der Waals surface area contributed by atoms with Crippen molar-refractivity contribution < 1.29 is 14.3 Å². The highest BCUT2D eigenvalue weighted by molar-refractivity contribution is 9.10. The fraction of sp³-hybridized carbons (Fsp3) is 0.300. The van der Waals surface area contributed by atoms with E-state index in [0.717, 1.165) is 21.3 Å². The number of halogens is 1. The van der Waals surface area contributed by atoms with Crippen LogP contribution in [0.5, 0.6) is 5.75 Å². The molecule has 2 rings (SSSR count). The van der Waals surface area contributed by atoms with Gasteiger partial charge in [0.15, 0.2) is 0 Å². The van der Waals surface area contributed by atoms with Crippen molar-refractivity contribution in [3.8, 4) is 5.75 Å². The zero-order valence-corrected chi connectivity index (χ0v) is 16.8. The molecule has 6 heteroatoms. The van der Waals surface area contributed by atoms with Gasteiger partial charge >= 0.3 is 0 Å². The summed E-state index contributed by atoms with van der Waals surface area (Å²) in [5, 5.41) is 2.86. The number of rotatable bonds is 7. The maximum atomic E-state index is 12.2. The molecule has 0 spiro atoms. The summed E-state index contributed by atoms with van der Waals surface area (Å²) in [5.41, 5.74) is 2.91. The van der Waals surface area contributed by atoms with E-state index in [-0.39, 0.29) is 31.4 Å². The highest BCUT2D eigenvalue weighted by Gasteiger charge is 2.14. The van der Waals surface area contributed by atoms with Gasteiger partial charge in [0, 0.05) is 17.2 Å². The minimum Gasteiger partial charge on any atom is -0.493 e. The van der Waals surface area contributed by atoms with E-state index in [1.54, 1.807) is 7.05 Å². The Morgan fingerprint density at radius 1 is 1.15 bits per heavy atom. The Hall–Kier alpha value is -2.34. The molecule has 0 radical (unpaired) electrons. The summed E-state index contributed by atoms with van der Waals surface area (Å²) in [4.78, 5) is 25.8. The molecule has 0 aliphatic carbocycles. The Bertz CT molecular complexity index is 792. The number of amides is 2. The third-order valence-corrected chi connectivity index (χ3v) is 4.56. The maximum Gasteiger partial charge on any atom is 0.243 e. The molecule has 0 aromatic heterocycles. The smallest absolute Gasteiger partial charge is 0.243 e. The SMILES string of the molecule is Cc1cccc(NC(=O)CN(C)C(=O)CCOc2cccc(Br)c2)c1C. The molecular weight excluding hydrogens is 396 g/mol. The van der Waals surface area contributed by atoms with Gasteiger partial charge in [-0.05, 0) is 49.2 Å². The third-order valence-electron chi connectivity index (χ3n) is 4.07. The van der Waals surface area contributed by atoms with Crippen molar-refractivity contribution in [1.82, 2.24) is 4.90 Å². The maximum absolute atomic E-state index is 12.2. The summed E-state index contributed by atoms with van der Waals surface area (Å²) in [7, 11) is 1.62. The van der Waals surface area contributed by atoms with E-state index >= 15 is 0 Å². The lowest BCUT2D eigenvalue weighted by atomic mass is 10.1. The molecule has 0 bridgehead atoms. The zero-order valence-electron chi connectivity index (χ0n) is 15.2. The predicted octanol–water partition coefficient (Wildman–Crippen LogP) is 3.93. The normalized spacial score (nSPS) is 10.3. The average Bonchev–Trinajstić information content (AvgIpc) is 2.59. The molecule has 2 aromatic carbocycles. The van der Waals surface area contributed by atoms with Gasteiger partial charge in [-0.3, -0.25) is 9.59 Å². The molecular formula is C20H23BrN2O3. The number of hydrogen-bond acceptors (Lipinski definition) is 3. The standard InChI is InChI=1S/C20H23BrN2O3/c1-14-6-4-9-18(15(14)2)22-19(24)13-23(3)20(25)10-11-26-17-8-5-7-16(21)12-17/h4-9,12H,10-11,13H2,1-3H3,(H,22,24). The van der Waals surface area contributed by atoms with E-state index in [1.165, 1.54) is 4.90 Å². The Morgan fingerprint density at radius 3 is 2.62 bits per heavy atom. The van der Waals surface area contributed by atoms with E-state index < -0.39 is 0 Å². The second-order valence-electron chi connectivity index (χ2n) is 6.10. The fourth-order valence-corrected chi connectivity index (χ4v) is 2.76. The lowest BCUT2D eigenvalue weighted by Gasteiger charge is -2.18. The highest BCUT2D eigenvalue weighted by Crippen LogP contribution is 2.18. The summed E-state index contributed by atoms with van der Waals surface area (Å²) >= 11 is 3.37. The van der Waals surface area contributed by atoms with Crippen LogP contribution < -0.4 is 10.1 Å². The number of hydrogen-bond donors (Lipinski definition) is 1. The average molecular weight is 419 g/mol. The molecule has 26 heavy (non-hydrogen) atoms. The first-order valence-electron chi connectivity index (χ1n) is 8.35. The topological polar surface area (TPSA) is 58.6 Å². The molecule has 0 fully saturated rings. The Balaban J connectivity index is 1.79. The van der Waals surface area contributed by atoms with Crippen molar-refractivity contribution >= 4 is 33.4 Å². The van der Waals surface area contributed by atoms with Gasteiger partial charge in [0.25, 0.3) is 0 Å². The summed E-state index contributed by atoms with van der Waals surface area (Å²) < 4.78 is 6.48. The molecule has 0 saturated heterocycles. The second kappa shape index (κ2) is 9.38. The third kappa shape index (κ3) is 5.88. The van der Waals surface area contributed by atoms with E-state index in [2.05, 4.69) is 21.2 Å². The van der Waals surface area contributed by atoms with Crippen molar-refractivity contribution in [2.24, 2.45) is 0 Å². The van der Waals surface area contributed by atoms with Crippen LogP contribution in [0.3, 0.4) is 0 Å². The Morgan fingerprint density at radius 2 is 1.88 bits per heavy atom. The van der Waals surface area contributed by atoms with Crippen molar-refractivity contribution in [3.63, 3.8) is 0 Å². The molecule has 0 aliphatic heterocycles. The van der Waals surface area contributed by atoms with Crippen LogP contribution in [-0.4, -0.2) is 36.9 Å². The van der Waals surface area contributed by atoms with Gasteiger partial charge in [0.05, 0.1) is 19.6 Å². The quantitative estimate of drug-likeness (QED) is 0.740. The molecule has 0 heterocycles. The van der Waals surface area contributed by atoms with Crippen molar-refractivity contribution in [3.05, 3.63) is 58.1 Å². The van der Waals surface area contributed by atoms with Crippen molar-refractivity contribution in [1.29, 1.82) is 0 Å². The van der Waals surface area contributed by atoms with E-state index in [0.29, 0.717) is 5.75 Å². The lowest BCUT2D eigenvalue weighted by molar-refractivity contribution is -0.133. The van der Waals surface area contributed by atoms with Gasteiger partial charge in [-0.2, -0.15) is 0 Å². The largest absolute Gasteiger partial charge is 0.493 e. The first-order valence-corrected chi connectivity index (χ1v) is 9.14. The van der Waals surface area contributed by atoms with Gasteiger partial charge in [-0.1, -0.05) is 34.1 Å². The highest BCUT2D eigenvalue weighted by atomic mass is 79.9. The van der Waals surface area contributed by atoms with Crippen LogP contribution >= 0.6 is 15.9 Å². The van der Waals surface area contributed by atoms with Crippen LogP contribution in [0.4, 0.5) is 5.69 Å². The molecule has 5 nitrogen and oxygen atoms in total. The van der Waals surface area contributed by atoms with Crippen LogP contribution in [0.1, 0.15) is 17.5 Å². The number of benzene rings is 2. The van der Waals surface area contributed by atoms with E-state index in [4.69, 9.17) is 4.74 Å². The van der Waals surface area contributed by atoms with Gasteiger partial charge in [-0.15, -0.1) is 0 Å². The summed E-state index contributed by atoms with van der Waals surface area (Å²) in [6.45, 7) is 4.21. The number of anilines is 1. The number of nitrogens with zero attached hydrogens (tertiary/aromatic N) is 1. The summed E-state index contributed by atoms with van der Waals surface area (Å²) in [6.07, 6.45) is 0.208. The van der Waals surface area contributed by atoms with E-state index in [9.17, 15) is 9.59 Å². The number of ether oxygens (including phenoxy) is 1. The Kier molecular flexibility index (Phi) is 7.21. The minimum atomic E-state index is -0.220. The molecule has 0 aliphatic rings. The molecule has 0 unspecified atom stereocenters. The number of carbonyl (C=O) groups is 2. The van der Waals surface area contributed by atoms with Gasteiger partial charge < -0.3 is 15.0 Å². The van der Waals surface area contributed by atoms with Gasteiger partial charge in [0.1, 0.15) is 5.75 Å². The Labute approximate surface area is 162 Å². The first-order chi connectivity index (χ1) is 12.4. The molecule has 0 atom stereocenters. The summed E-state index contributed by atoms with van der Waals surface area (Å²) in [5.74, 6) is 0.334. The van der Waals surface area contributed by atoms with Gasteiger partial charge in [-0.25, -0.2) is 0 Å². The second-order valence-corrected chi connectivity index (χ2v) is 7.02. The predicted molar refractivity (Wildman–Crippen MR) is 106 cm³/mol. The zero-order chi connectivity index (χ0) is 19.1. The number of nitrogens with one attached hydrogen (secondary N) is 1. The number of aryl methyl sites for hydroxylation is 1. The van der Waals surface area contributed by atoms with Gasteiger partial charge in [0.2, 0.25) is 11.8 Å². The molecule has 138 valence electrons. The molecule has 2 aromatic rings.